The third-order valence-electron chi connectivity index (χ3n) is 5.01. The number of ketones is 1. The lowest BCUT2D eigenvalue weighted by atomic mass is 10.0. The Morgan fingerprint density at radius 2 is 1.59 bits per heavy atom. The number of benzene rings is 3. The predicted octanol–water partition coefficient (Wildman–Crippen LogP) is 4.47. The summed E-state index contributed by atoms with van der Waals surface area (Å²) in [5.74, 6) is -1.69. The molecular formula is C23H19NO5. The van der Waals surface area contributed by atoms with E-state index in [0.717, 1.165) is 17.0 Å². The van der Waals surface area contributed by atoms with Crippen LogP contribution in [0.3, 0.4) is 0 Å². The van der Waals surface area contributed by atoms with Crippen molar-refractivity contribution in [3.63, 3.8) is 0 Å². The van der Waals surface area contributed by atoms with Crippen molar-refractivity contribution in [2.45, 2.75) is 20.0 Å². The molecule has 1 aromatic heterocycles. The van der Waals surface area contributed by atoms with Gasteiger partial charge < -0.3 is 19.9 Å². The quantitative estimate of drug-likeness (QED) is 0.272. The molecule has 29 heavy (non-hydrogen) atoms. The number of aromatic amines is 1. The summed E-state index contributed by atoms with van der Waals surface area (Å²) < 4.78 is 5.34. The predicted molar refractivity (Wildman–Crippen MR) is 110 cm³/mol. The number of ether oxygens (including phenoxy) is 1. The molecule has 4 rings (SSSR count). The van der Waals surface area contributed by atoms with E-state index in [1.807, 2.05) is 24.3 Å². The molecule has 0 saturated heterocycles. The van der Waals surface area contributed by atoms with Gasteiger partial charge in [-0.2, -0.15) is 0 Å². The summed E-state index contributed by atoms with van der Waals surface area (Å²) in [6, 6.07) is 15.2. The molecule has 0 amide bonds. The van der Waals surface area contributed by atoms with Gasteiger partial charge in [0.05, 0.1) is 0 Å². The first-order chi connectivity index (χ1) is 13.9. The number of rotatable bonds is 4. The van der Waals surface area contributed by atoms with Gasteiger partial charge in [-0.3, -0.25) is 4.79 Å². The number of aromatic nitrogens is 1. The normalized spacial score (nSPS) is 12.2. The number of aromatic hydroxyl groups is 2. The fraction of sp³-hybridized carbons (Fsp3) is 0.130. The molecule has 1 heterocycles. The van der Waals surface area contributed by atoms with Crippen molar-refractivity contribution in [1.82, 2.24) is 4.98 Å². The second kappa shape index (κ2) is 6.98. The van der Waals surface area contributed by atoms with E-state index in [4.69, 9.17) is 4.74 Å². The number of hydrogen-bond acceptors (Lipinski definition) is 5. The van der Waals surface area contributed by atoms with Crippen LogP contribution < -0.4 is 0 Å². The fourth-order valence-corrected chi connectivity index (χ4v) is 3.57. The van der Waals surface area contributed by atoms with Crippen molar-refractivity contribution >= 4 is 33.4 Å². The fourth-order valence-electron chi connectivity index (χ4n) is 3.57. The Bertz CT molecular complexity index is 1270. The van der Waals surface area contributed by atoms with Crippen molar-refractivity contribution in [3.8, 4) is 11.5 Å². The number of nitrogens with one attached hydrogen (secondary N) is 1. The molecule has 6 heteroatoms. The van der Waals surface area contributed by atoms with Crippen molar-refractivity contribution in [1.29, 1.82) is 0 Å². The van der Waals surface area contributed by atoms with Crippen LogP contribution in [0.25, 0.3) is 21.7 Å². The lowest BCUT2D eigenvalue weighted by Gasteiger charge is -2.14. The average Bonchev–Trinajstić information content (AvgIpc) is 3.05. The Hall–Kier alpha value is -3.80. The zero-order valence-electron chi connectivity index (χ0n) is 15.9. The topological polar surface area (TPSA) is 99.6 Å². The number of esters is 1. The van der Waals surface area contributed by atoms with Crippen LogP contribution in [-0.2, 0) is 4.74 Å². The Morgan fingerprint density at radius 1 is 0.966 bits per heavy atom. The van der Waals surface area contributed by atoms with Crippen LogP contribution in [0.5, 0.6) is 11.5 Å². The zero-order valence-corrected chi connectivity index (χ0v) is 15.9. The molecule has 146 valence electrons. The largest absolute Gasteiger partial charge is 0.507 e. The first-order valence-electron chi connectivity index (χ1n) is 9.14. The highest BCUT2D eigenvalue weighted by molar-refractivity contribution is 6.12. The monoisotopic (exact) mass is 389 g/mol. The highest BCUT2D eigenvalue weighted by atomic mass is 16.5. The third-order valence-corrected chi connectivity index (χ3v) is 5.01. The van der Waals surface area contributed by atoms with Crippen LogP contribution in [0.15, 0.2) is 54.6 Å². The number of Topliss-reactive ketones (excluding diaryl/α,β-unsaturated/α-hetero) is 1. The Labute approximate surface area is 166 Å². The van der Waals surface area contributed by atoms with Gasteiger partial charge in [0.1, 0.15) is 17.1 Å². The van der Waals surface area contributed by atoms with Crippen molar-refractivity contribution < 1.29 is 24.5 Å². The number of carbonyl (C=O) groups is 2. The molecule has 0 aliphatic rings. The maximum Gasteiger partial charge on any atom is 0.342 e. The molecule has 4 aromatic rings. The maximum atomic E-state index is 13.0. The van der Waals surface area contributed by atoms with E-state index < -0.39 is 12.1 Å². The number of carbonyl (C=O) groups excluding carboxylic acids is 2. The summed E-state index contributed by atoms with van der Waals surface area (Å²) in [4.78, 5) is 28.8. The van der Waals surface area contributed by atoms with Crippen molar-refractivity contribution in [2.75, 3.05) is 0 Å². The van der Waals surface area contributed by atoms with Crippen LogP contribution in [0.4, 0.5) is 0 Å². The smallest absolute Gasteiger partial charge is 0.342 e. The summed E-state index contributed by atoms with van der Waals surface area (Å²) in [5.41, 5.74) is 1.78. The summed E-state index contributed by atoms with van der Waals surface area (Å²) >= 11 is 0. The minimum Gasteiger partial charge on any atom is -0.507 e. The minimum atomic E-state index is -1.08. The van der Waals surface area contributed by atoms with Gasteiger partial charge in [-0.15, -0.1) is 0 Å². The van der Waals surface area contributed by atoms with E-state index in [2.05, 4.69) is 4.98 Å². The van der Waals surface area contributed by atoms with Gasteiger partial charge in [0.25, 0.3) is 0 Å². The van der Waals surface area contributed by atoms with Crippen LogP contribution in [0.2, 0.25) is 0 Å². The lowest BCUT2D eigenvalue weighted by Crippen LogP contribution is -2.25. The lowest BCUT2D eigenvalue weighted by molar-refractivity contribution is 0.0316. The average molecular weight is 389 g/mol. The first-order valence-corrected chi connectivity index (χ1v) is 9.14. The third kappa shape index (κ3) is 3.08. The standard InChI is InChI=1S/C23H19NO5/c1-12-20(16-9-5-6-10-18(16)24-12)21(26)13(2)29-23(28)17-11-19(25)14-7-3-4-8-15(14)22(17)27/h3-11,13,24-25,27H,1-2H3/t13-/m1/s1. The maximum absolute atomic E-state index is 13.0. The summed E-state index contributed by atoms with van der Waals surface area (Å²) in [6.45, 7) is 3.27. The van der Waals surface area contributed by atoms with E-state index in [1.165, 1.54) is 6.92 Å². The van der Waals surface area contributed by atoms with E-state index >= 15 is 0 Å². The molecule has 0 bridgehead atoms. The number of phenols is 2. The van der Waals surface area contributed by atoms with Crippen LogP contribution in [0, 0.1) is 6.92 Å². The number of fused-ring (bicyclic) bond motifs is 2. The van der Waals surface area contributed by atoms with Gasteiger partial charge in [0.15, 0.2) is 6.10 Å². The van der Waals surface area contributed by atoms with Crippen molar-refractivity contribution in [3.05, 3.63) is 71.4 Å². The second-order valence-electron chi connectivity index (χ2n) is 6.92. The Morgan fingerprint density at radius 3 is 2.31 bits per heavy atom. The highest BCUT2D eigenvalue weighted by Gasteiger charge is 2.26. The van der Waals surface area contributed by atoms with Gasteiger partial charge in [0.2, 0.25) is 5.78 Å². The molecule has 0 saturated carbocycles. The van der Waals surface area contributed by atoms with Gasteiger partial charge in [-0.1, -0.05) is 42.5 Å². The Kier molecular flexibility index (Phi) is 4.47. The van der Waals surface area contributed by atoms with Crippen LogP contribution >= 0.6 is 0 Å². The van der Waals surface area contributed by atoms with Gasteiger partial charge in [-0.25, -0.2) is 4.79 Å². The molecule has 3 aromatic carbocycles. The van der Waals surface area contributed by atoms with Gasteiger partial charge in [0, 0.05) is 32.9 Å². The number of hydrogen-bond donors (Lipinski definition) is 3. The summed E-state index contributed by atoms with van der Waals surface area (Å²) in [6.07, 6.45) is -1.08. The molecule has 0 unspecified atom stereocenters. The molecule has 1 atom stereocenters. The molecule has 0 aliphatic heterocycles. The van der Waals surface area contributed by atoms with Crippen molar-refractivity contribution in [2.24, 2.45) is 0 Å². The van der Waals surface area contributed by atoms with Gasteiger partial charge >= 0.3 is 5.97 Å². The molecular weight excluding hydrogens is 370 g/mol. The number of para-hydroxylation sites is 1. The minimum absolute atomic E-state index is 0.156. The molecule has 6 nitrogen and oxygen atoms in total. The van der Waals surface area contributed by atoms with Crippen LogP contribution in [-0.4, -0.2) is 33.1 Å². The summed E-state index contributed by atoms with van der Waals surface area (Å²) in [7, 11) is 0. The van der Waals surface area contributed by atoms with Gasteiger partial charge in [-0.05, 0) is 26.0 Å². The molecule has 3 N–H and O–H groups in total. The SMILES string of the molecule is Cc1[nH]c2ccccc2c1C(=O)[C@@H](C)OC(=O)c1cc(O)c2ccccc2c1O. The number of aryl methyl sites for hydroxylation is 1. The number of H-pyrrole nitrogens is 1. The van der Waals surface area contributed by atoms with Crippen LogP contribution in [0.1, 0.15) is 33.3 Å². The van der Waals surface area contributed by atoms with E-state index in [0.29, 0.717) is 22.0 Å². The molecule has 0 fully saturated rings. The molecule has 0 spiro atoms. The van der Waals surface area contributed by atoms with E-state index in [9.17, 15) is 19.8 Å². The first kappa shape index (κ1) is 18.6. The zero-order chi connectivity index (χ0) is 20.7. The Balaban J connectivity index is 1.65. The summed E-state index contributed by atoms with van der Waals surface area (Å²) in [5, 5.41) is 22.1. The molecule has 0 radical (unpaired) electrons. The highest BCUT2D eigenvalue weighted by Crippen LogP contribution is 2.35. The molecule has 0 aliphatic carbocycles. The number of phenolic OH excluding ortho intramolecular Hbond substituents is 2. The van der Waals surface area contributed by atoms with E-state index in [1.54, 1.807) is 31.2 Å². The van der Waals surface area contributed by atoms with E-state index in [-0.39, 0.29) is 22.8 Å². The second-order valence-corrected chi connectivity index (χ2v) is 6.92.